The van der Waals surface area contributed by atoms with E-state index in [9.17, 15) is 0 Å². The minimum absolute atomic E-state index is 0.475. The quantitative estimate of drug-likeness (QED) is 0.691. The highest BCUT2D eigenvalue weighted by atomic mass is 35.5. The maximum absolute atomic E-state index is 6.65. The van der Waals surface area contributed by atoms with Crippen molar-refractivity contribution in [2.75, 3.05) is 37.7 Å². The summed E-state index contributed by atoms with van der Waals surface area (Å²) in [6.07, 6.45) is 5.64. The highest BCUT2D eigenvalue weighted by molar-refractivity contribution is 6.34. The first kappa shape index (κ1) is 17.0. The van der Waals surface area contributed by atoms with Crippen LogP contribution in [0.15, 0.2) is 30.7 Å². The molecule has 27 heavy (non-hydrogen) atoms. The number of anilines is 1. The molecule has 7 nitrogen and oxygen atoms in total. The summed E-state index contributed by atoms with van der Waals surface area (Å²) in [5, 5.41) is 10.6. The molecule has 0 aliphatic carbocycles. The van der Waals surface area contributed by atoms with Gasteiger partial charge in [0.25, 0.3) is 0 Å². The van der Waals surface area contributed by atoms with Gasteiger partial charge in [-0.05, 0) is 19.1 Å². The molecule has 0 N–H and O–H groups in total. The second-order valence-corrected chi connectivity index (χ2v) is 7.92. The monoisotopic (exact) mass is 386 g/mol. The molecule has 142 valence electrons. The van der Waals surface area contributed by atoms with Gasteiger partial charge in [0.2, 0.25) is 0 Å². The molecule has 4 heterocycles. The number of hydrogen-bond acceptors (Lipinski definition) is 5. The van der Waals surface area contributed by atoms with Crippen LogP contribution in [0.2, 0.25) is 5.02 Å². The number of hydrogen-bond donors (Lipinski definition) is 0. The Morgan fingerprint density at radius 2 is 2.00 bits per heavy atom. The predicted molar refractivity (Wildman–Crippen MR) is 106 cm³/mol. The summed E-state index contributed by atoms with van der Waals surface area (Å²) >= 11 is 6.65. The van der Waals surface area contributed by atoms with Crippen LogP contribution in [0.25, 0.3) is 16.6 Å². The molecule has 0 bridgehead atoms. The maximum atomic E-state index is 6.65. The average molecular weight is 387 g/mol. The summed E-state index contributed by atoms with van der Waals surface area (Å²) in [5.74, 6) is 0. The van der Waals surface area contributed by atoms with Crippen molar-refractivity contribution >= 4 is 28.2 Å². The van der Waals surface area contributed by atoms with E-state index in [-0.39, 0.29) is 0 Å². The molecule has 5 rings (SSSR count). The summed E-state index contributed by atoms with van der Waals surface area (Å²) in [6, 6.07) is 5.23. The zero-order chi connectivity index (χ0) is 18.5. The van der Waals surface area contributed by atoms with Gasteiger partial charge in [-0.25, -0.2) is 4.68 Å². The van der Waals surface area contributed by atoms with Crippen molar-refractivity contribution in [2.45, 2.75) is 19.0 Å². The van der Waals surface area contributed by atoms with E-state index in [4.69, 9.17) is 16.3 Å². The third-order valence-corrected chi connectivity index (χ3v) is 5.98. The number of fused-ring (bicyclic) bond motifs is 1. The van der Waals surface area contributed by atoms with Crippen LogP contribution in [0.5, 0.6) is 0 Å². The van der Waals surface area contributed by atoms with Gasteiger partial charge in [0.05, 0.1) is 54.1 Å². The van der Waals surface area contributed by atoms with Crippen LogP contribution in [0.4, 0.5) is 5.69 Å². The zero-order valence-electron chi connectivity index (χ0n) is 15.5. The fourth-order valence-corrected chi connectivity index (χ4v) is 4.44. The van der Waals surface area contributed by atoms with E-state index < -0.39 is 0 Å². The molecule has 2 fully saturated rings. The largest absolute Gasteiger partial charge is 0.378 e. The summed E-state index contributed by atoms with van der Waals surface area (Å²) < 4.78 is 9.08. The predicted octanol–water partition coefficient (Wildman–Crippen LogP) is 2.32. The topological polar surface area (TPSA) is 51.4 Å². The number of nitrogens with zero attached hydrogens (tertiary/aromatic N) is 6. The number of aromatic nitrogens is 4. The van der Waals surface area contributed by atoms with Crippen molar-refractivity contribution < 1.29 is 4.74 Å². The van der Waals surface area contributed by atoms with Gasteiger partial charge in [0.15, 0.2) is 0 Å². The molecule has 1 atom stereocenters. The van der Waals surface area contributed by atoms with Gasteiger partial charge in [0, 0.05) is 38.1 Å². The first-order valence-electron chi connectivity index (χ1n) is 9.35. The second-order valence-electron chi connectivity index (χ2n) is 7.52. The number of halogens is 1. The Morgan fingerprint density at radius 3 is 2.67 bits per heavy atom. The average Bonchev–Trinajstić information content (AvgIpc) is 3.20. The summed E-state index contributed by atoms with van der Waals surface area (Å²) in [6.45, 7) is 6.97. The van der Waals surface area contributed by atoms with E-state index in [1.807, 2.05) is 36.4 Å². The number of ether oxygens (including phenoxy) is 1. The van der Waals surface area contributed by atoms with E-state index in [1.165, 1.54) is 0 Å². The van der Waals surface area contributed by atoms with Crippen molar-refractivity contribution in [2.24, 2.45) is 7.05 Å². The molecule has 3 aromatic rings. The second kappa shape index (κ2) is 6.51. The molecule has 2 saturated heterocycles. The molecular formula is C19H23ClN6O. The van der Waals surface area contributed by atoms with Gasteiger partial charge in [-0.2, -0.15) is 10.2 Å². The first-order valence-corrected chi connectivity index (χ1v) is 9.72. The van der Waals surface area contributed by atoms with Crippen LogP contribution in [-0.4, -0.2) is 69.4 Å². The van der Waals surface area contributed by atoms with Crippen molar-refractivity contribution in [1.29, 1.82) is 0 Å². The summed E-state index contributed by atoms with van der Waals surface area (Å²) in [4.78, 5) is 4.95. The highest BCUT2D eigenvalue weighted by Crippen LogP contribution is 2.33. The van der Waals surface area contributed by atoms with Crippen molar-refractivity contribution in [3.8, 4) is 5.69 Å². The van der Waals surface area contributed by atoms with Crippen molar-refractivity contribution in [1.82, 2.24) is 24.5 Å². The Bertz CT molecular complexity index is 978. The van der Waals surface area contributed by atoms with Crippen LogP contribution < -0.4 is 4.90 Å². The van der Waals surface area contributed by atoms with Gasteiger partial charge in [-0.3, -0.25) is 9.58 Å². The van der Waals surface area contributed by atoms with Crippen LogP contribution in [-0.2, 0) is 11.8 Å². The van der Waals surface area contributed by atoms with Crippen LogP contribution in [0, 0.1) is 0 Å². The SMILES string of the molecule is CC1CN(c2cc3c(cnn3-c3cnn(C)c3)cc2Cl)CCN1C1COC1. The first-order chi connectivity index (χ1) is 13.1. The van der Waals surface area contributed by atoms with Gasteiger partial charge < -0.3 is 9.64 Å². The molecule has 0 radical (unpaired) electrons. The summed E-state index contributed by atoms with van der Waals surface area (Å²) in [5.41, 5.74) is 3.07. The lowest BCUT2D eigenvalue weighted by molar-refractivity contribution is -0.0792. The standard InChI is InChI=1S/C19H23ClN6O/c1-13-9-24(3-4-25(13)16-11-27-12-16)19-6-18-14(5-17(19)20)7-22-26(18)15-8-21-23(2)10-15/h5-8,10,13,16H,3-4,9,11-12H2,1-2H3. The highest BCUT2D eigenvalue weighted by Gasteiger charge is 2.33. The third kappa shape index (κ3) is 2.90. The molecule has 2 aromatic heterocycles. The van der Waals surface area contributed by atoms with E-state index in [1.54, 1.807) is 4.68 Å². The number of rotatable bonds is 3. The molecule has 0 amide bonds. The Balaban J connectivity index is 1.47. The minimum Gasteiger partial charge on any atom is -0.378 e. The van der Waals surface area contributed by atoms with Crippen LogP contribution >= 0.6 is 11.6 Å². The molecule has 0 saturated carbocycles. The lowest BCUT2D eigenvalue weighted by Gasteiger charge is -2.47. The molecule has 2 aliphatic rings. The Labute approximate surface area is 163 Å². The van der Waals surface area contributed by atoms with E-state index in [2.05, 4.69) is 33.0 Å². The van der Waals surface area contributed by atoms with Crippen molar-refractivity contribution in [3.05, 3.63) is 35.7 Å². The molecular weight excluding hydrogens is 364 g/mol. The lowest BCUT2D eigenvalue weighted by atomic mass is 10.1. The lowest BCUT2D eigenvalue weighted by Crippen LogP contribution is -2.60. The zero-order valence-corrected chi connectivity index (χ0v) is 16.3. The smallest absolute Gasteiger partial charge is 0.103 e. The van der Waals surface area contributed by atoms with E-state index in [0.717, 1.165) is 60.1 Å². The Hall–Kier alpha value is -2.09. The minimum atomic E-state index is 0.475. The van der Waals surface area contributed by atoms with E-state index in [0.29, 0.717) is 12.1 Å². The summed E-state index contributed by atoms with van der Waals surface area (Å²) in [7, 11) is 1.91. The van der Waals surface area contributed by atoms with Crippen LogP contribution in [0.1, 0.15) is 6.92 Å². The maximum Gasteiger partial charge on any atom is 0.103 e. The molecule has 1 aromatic carbocycles. The van der Waals surface area contributed by atoms with Crippen LogP contribution in [0.3, 0.4) is 0 Å². The van der Waals surface area contributed by atoms with E-state index >= 15 is 0 Å². The fraction of sp³-hybridized carbons (Fsp3) is 0.474. The number of benzene rings is 1. The van der Waals surface area contributed by atoms with Gasteiger partial charge >= 0.3 is 0 Å². The third-order valence-electron chi connectivity index (χ3n) is 5.68. The van der Waals surface area contributed by atoms with Gasteiger partial charge in [-0.15, -0.1) is 0 Å². The van der Waals surface area contributed by atoms with Gasteiger partial charge in [-0.1, -0.05) is 11.6 Å². The fourth-order valence-electron chi connectivity index (χ4n) is 4.15. The molecule has 1 unspecified atom stereocenters. The Kier molecular flexibility index (Phi) is 4.11. The van der Waals surface area contributed by atoms with Gasteiger partial charge in [0.1, 0.15) is 5.69 Å². The number of piperazine rings is 1. The number of aryl methyl sites for hydroxylation is 1. The normalized spacial score (nSPS) is 21.7. The Morgan fingerprint density at radius 1 is 1.15 bits per heavy atom. The molecule has 0 spiro atoms. The molecule has 8 heteroatoms. The molecule has 2 aliphatic heterocycles. The van der Waals surface area contributed by atoms with Crippen molar-refractivity contribution in [3.63, 3.8) is 0 Å².